The predicted octanol–water partition coefficient (Wildman–Crippen LogP) is 0.309. The number of rotatable bonds is 4. The normalized spacial score (nSPS) is 20.6. The molecule has 0 aliphatic carbocycles. The van der Waals surface area contributed by atoms with Crippen LogP contribution in [0.5, 0.6) is 0 Å². The van der Waals surface area contributed by atoms with Gasteiger partial charge in [0.25, 0.3) is 0 Å². The van der Waals surface area contributed by atoms with Gasteiger partial charge in [-0.2, -0.15) is 4.31 Å². The Hall–Kier alpha value is -1.60. The summed E-state index contributed by atoms with van der Waals surface area (Å²) in [7, 11) is -3.53. The number of anilines is 1. The minimum atomic E-state index is -3.53. The highest BCUT2D eigenvalue weighted by molar-refractivity contribution is 7.88. The molecule has 0 spiro atoms. The van der Waals surface area contributed by atoms with E-state index < -0.39 is 16.1 Å². The largest absolute Gasteiger partial charge is 0.399 e. The maximum atomic E-state index is 12.5. The Kier molecular flexibility index (Phi) is 4.29. The van der Waals surface area contributed by atoms with E-state index in [1.807, 2.05) is 0 Å². The Morgan fingerprint density at radius 3 is 2.85 bits per heavy atom. The molecule has 0 radical (unpaired) electrons. The van der Waals surface area contributed by atoms with Crippen LogP contribution in [0.2, 0.25) is 0 Å². The van der Waals surface area contributed by atoms with E-state index in [1.54, 1.807) is 31.2 Å². The summed E-state index contributed by atoms with van der Waals surface area (Å²) in [6.07, 6.45) is 0.460. The quantitative estimate of drug-likeness (QED) is 0.782. The van der Waals surface area contributed by atoms with Crippen molar-refractivity contribution in [3.05, 3.63) is 29.8 Å². The van der Waals surface area contributed by atoms with Crippen LogP contribution in [0.4, 0.5) is 5.69 Å². The summed E-state index contributed by atoms with van der Waals surface area (Å²) in [6, 6.07) is 6.18. The van der Waals surface area contributed by atoms with Crippen molar-refractivity contribution in [1.29, 1.82) is 0 Å². The number of carbonyl (C=O) groups is 1. The third-order valence-corrected chi connectivity index (χ3v) is 5.18. The molecule has 110 valence electrons. The molecule has 0 bridgehead atoms. The third-order valence-electron chi connectivity index (χ3n) is 3.33. The second kappa shape index (κ2) is 5.80. The monoisotopic (exact) mass is 297 g/mol. The van der Waals surface area contributed by atoms with Gasteiger partial charge in [-0.15, -0.1) is 0 Å². The van der Waals surface area contributed by atoms with Crippen molar-refractivity contribution in [2.75, 3.05) is 18.8 Å². The van der Waals surface area contributed by atoms with Crippen molar-refractivity contribution in [3.8, 4) is 0 Å². The van der Waals surface area contributed by atoms with Crippen molar-refractivity contribution >= 4 is 21.6 Å². The molecule has 1 aliphatic rings. The maximum Gasteiger partial charge on any atom is 0.238 e. The fourth-order valence-corrected chi connectivity index (χ4v) is 4.16. The molecule has 1 amide bonds. The van der Waals surface area contributed by atoms with E-state index in [9.17, 15) is 13.2 Å². The zero-order chi connectivity index (χ0) is 14.8. The molecule has 1 fully saturated rings. The lowest BCUT2D eigenvalue weighted by atomic mass is 10.2. The van der Waals surface area contributed by atoms with E-state index in [-0.39, 0.29) is 11.7 Å². The first kappa shape index (κ1) is 14.8. The number of nitrogens with zero attached hydrogens (tertiary/aromatic N) is 1. The van der Waals surface area contributed by atoms with Crippen molar-refractivity contribution in [1.82, 2.24) is 9.62 Å². The van der Waals surface area contributed by atoms with E-state index in [1.165, 1.54) is 4.31 Å². The molecule has 2 rings (SSSR count). The molecule has 20 heavy (non-hydrogen) atoms. The molecule has 1 unspecified atom stereocenters. The Morgan fingerprint density at radius 1 is 1.45 bits per heavy atom. The molecule has 1 aliphatic heterocycles. The van der Waals surface area contributed by atoms with Crippen molar-refractivity contribution in [3.63, 3.8) is 0 Å². The van der Waals surface area contributed by atoms with Crippen LogP contribution in [0.1, 0.15) is 18.9 Å². The molecule has 0 aromatic heterocycles. The fraction of sp³-hybridized carbons (Fsp3) is 0.462. The second-order valence-electron chi connectivity index (χ2n) is 4.83. The zero-order valence-corrected chi connectivity index (χ0v) is 12.2. The van der Waals surface area contributed by atoms with E-state index in [0.29, 0.717) is 30.8 Å². The van der Waals surface area contributed by atoms with Gasteiger partial charge in [-0.25, -0.2) is 8.42 Å². The second-order valence-corrected chi connectivity index (χ2v) is 6.75. The minimum absolute atomic E-state index is 0.137. The highest BCUT2D eigenvalue weighted by atomic mass is 32.2. The Morgan fingerprint density at radius 2 is 2.20 bits per heavy atom. The van der Waals surface area contributed by atoms with Crippen LogP contribution in [0.3, 0.4) is 0 Å². The molecule has 0 saturated carbocycles. The summed E-state index contributed by atoms with van der Waals surface area (Å²) in [5.41, 5.74) is 6.82. The predicted molar refractivity (Wildman–Crippen MR) is 77.3 cm³/mol. The molecular weight excluding hydrogens is 278 g/mol. The van der Waals surface area contributed by atoms with Crippen LogP contribution in [0.15, 0.2) is 24.3 Å². The molecular formula is C13H19N3O3S. The van der Waals surface area contributed by atoms with Crippen molar-refractivity contribution < 1.29 is 13.2 Å². The molecule has 1 heterocycles. The van der Waals surface area contributed by atoms with Gasteiger partial charge in [0, 0.05) is 18.8 Å². The number of nitrogens with one attached hydrogen (secondary N) is 1. The third kappa shape index (κ3) is 3.10. The topological polar surface area (TPSA) is 92.5 Å². The highest BCUT2D eigenvalue weighted by Crippen LogP contribution is 2.19. The molecule has 1 saturated heterocycles. The van der Waals surface area contributed by atoms with Gasteiger partial charge in [-0.1, -0.05) is 19.1 Å². The van der Waals surface area contributed by atoms with Crippen LogP contribution in [0, 0.1) is 0 Å². The molecule has 1 aromatic carbocycles. The van der Waals surface area contributed by atoms with Crippen LogP contribution >= 0.6 is 0 Å². The maximum absolute atomic E-state index is 12.5. The summed E-state index contributed by atoms with van der Waals surface area (Å²) in [5, 5.41) is 2.69. The van der Waals surface area contributed by atoms with E-state index in [0.717, 1.165) is 0 Å². The Balaban J connectivity index is 2.23. The van der Waals surface area contributed by atoms with Gasteiger partial charge >= 0.3 is 0 Å². The van der Waals surface area contributed by atoms with E-state index in [4.69, 9.17) is 5.73 Å². The SMILES string of the molecule is CCC1C(=O)NCCN1S(=O)(=O)Cc1cccc(N)c1. The highest BCUT2D eigenvalue weighted by Gasteiger charge is 2.36. The number of nitrogens with two attached hydrogens (primary N) is 1. The van der Waals surface area contributed by atoms with Crippen molar-refractivity contribution in [2.24, 2.45) is 0 Å². The number of sulfonamides is 1. The lowest BCUT2D eigenvalue weighted by molar-refractivity contribution is -0.126. The zero-order valence-electron chi connectivity index (χ0n) is 11.4. The van der Waals surface area contributed by atoms with Crippen molar-refractivity contribution in [2.45, 2.75) is 25.1 Å². The number of amides is 1. The van der Waals surface area contributed by atoms with Gasteiger partial charge in [0.1, 0.15) is 6.04 Å². The van der Waals surface area contributed by atoms with Crippen LogP contribution in [-0.4, -0.2) is 37.8 Å². The molecule has 6 nitrogen and oxygen atoms in total. The summed E-state index contributed by atoms with van der Waals surface area (Å²) in [5.74, 6) is -0.364. The van der Waals surface area contributed by atoms with Gasteiger partial charge in [-0.05, 0) is 24.1 Å². The number of hydrogen-bond donors (Lipinski definition) is 2. The smallest absolute Gasteiger partial charge is 0.238 e. The van der Waals surface area contributed by atoms with Gasteiger partial charge in [0.2, 0.25) is 15.9 Å². The average Bonchev–Trinajstić information content (AvgIpc) is 2.38. The lowest BCUT2D eigenvalue weighted by Gasteiger charge is -2.33. The summed E-state index contributed by atoms with van der Waals surface area (Å²) in [4.78, 5) is 11.8. The Bertz CT molecular complexity index is 601. The molecule has 7 heteroatoms. The van der Waals surface area contributed by atoms with E-state index >= 15 is 0 Å². The first-order valence-electron chi connectivity index (χ1n) is 6.55. The first-order chi connectivity index (χ1) is 9.44. The number of carbonyl (C=O) groups excluding carboxylic acids is 1. The first-order valence-corrected chi connectivity index (χ1v) is 8.16. The summed E-state index contributed by atoms with van der Waals surface area (Å²) >= 11 is 0. The minimum Gasteiger partial charge on any atom is -0.399 e. The number of hydrogen-bond acceptors (Lipinski definition) is 4. The fourth-order valence-electron chi connectivity index (χ4n) is 2.39. The number of piperazine rings is 1. The average molecular weight is 297 g/mol. The van der Waals surface area contributed by atoms with E-state index in [2.05, 4.69) is 5.32 Å². The lowest BCUT2D eigenvalue weighted by Crippen LogP contribution is -2.56. The number of nitrogen functional groups attached to an aromatic ring is 1. The molecule has 1 aromatic rings. The van der Waals surface area contributed by atoms with Crippen LogP contribution in [0.25, 0.3) is 0 Å². The van der Waals surface area contributed by atoms with Gasteiger partial charge < -0.3 is 11.1 Å². The molecule has 3 N–H and O–H groups in total. The van der Waals surface area contributed by atoms with Gasteiger partial charge in [0.15, 0.2) is 0 Å². The van der Waals surface area contributed by atoms with Gasteiger partial charge in [-0.3, -0.25) is 4.79 Å². The summed E-state index contributed by atoms with van der Waals surface area (Å²) in [6.45, 7) is 2.47. The van der Waals surface area contributed by atoms with Crippen LogP contribution < -0.4 is 11.1 Å². The summed E-state index contributed by atoms with van der Waals surface area (Å²) < 4.78 is 26.3. The van der Waals surface area contributed by atoms with Crippen LogP contribution in [-0.2, 0) is 20.6 Å². The molecule has 1 atom stereocenters. The van der Waals surface area contributed by atoms with Gasteiger partial charge in [0.05, 0.1) is 5.75 Å². The Labute approximate surface area is 119 Å². The number of benzene rings is 1. The standard InChI is InChI=1S/C13H19N3O3S/c1-2-12-13(17)15-6-7-16(12)20(18,19)9-10-4-3-5-11(14)8-10/h3-5,8,12H,2,6-7,9,14H2,1H3,(H,15,17).